The second kappa shape index (κ2) is 12.0. The highest BCUT2D eigenvalue weighted by Gasteiger charge is 2.38. The Morgan fingerprint density at radius 3 is 2.09 bits per heavy atom. The van der Waals surface area contributed by atoms with Crippen molar-refractivity contribution in [3.05, 3.63) is 102 Å². The van der Waals surface area contributed by atoms with Gasteiger partial charge < -0.3 is 19.1 Å². The molecular weight excluding hydrogens is 438 g/mol. The number of ether oxygens (including phenoxy) is 3. The summed E-state index contributed by atoms with van der Waals surface area (Å²) in [5.41, 5.74) is 2.41. The molecule has 3 aromatic rings. The quantitative estimate of drug-likeness (QED) is 0.296. The van der Waals surface area contributed by atoms with Crippen molar-refractivity contribution < 1.29 is 19.0 Å². The summed E-state index contributed by atoms with van der Waals surface area (Å²) in [7, 11) is 1.68. The molecule has 5 nitrogen and oxygen atoms in total. The van der Waals surface area contributed by atoms with Crippen LogP contribution in [0.15, 0.2) is 84.9 Å². The summed E-state index contributed by atoms with van der Waals surface area (Å²) in [5.74, 6) is 0.666. The predicted molar refractivity (Wildman–Crippen MR) is 138 cm³/mol. The Balaban J connectivity index is 1.62. The van der Waals surface area contributed by atoms with Crippen LogP contribution in [-0.4, -0.2) is 50.8 Å². The average molecular weight is 474 g/mol. The van der Waals surface area contributed by atoms with Gasteiger partial charge in [-0.1, -0.05) is 72.8 Å². The molecule has 3 aromatic carbocycles. The number of rotatable bonds is 10. The van der Waals surface area contributed by atoms with Crippen molar-refractivity contribution in [1.82, 2.24) is 4.90 Å². The minimum Gasteiger partial charge on any atom is -0.497 e. The maximum atomic E-state index is 12.3. The van der Waals surface area contributed by atoms with Crippen LogP contribution >= 0.6 is 0 Å². The second-order valence-electron chi connectivity index (χ2n) is 8.88. The lowest BCUT2D eigenvalue weighted by molar-refractivity contribution is -0.150. The summed E-state index contributed by atoms with van der Waals surface area (Å²) in [5, 5.41) is 0. The molecule has 0 spiro atoms. The number of esters is 1. The van der Waals surface area contributed by atoms with Crippen LogP contribution in [0.25, 0.3) is 0 Å². The van der Waals surface area contributed by atoms with Crippen LogP contribution in [0.2, 0.25) is 0 Å². The van der Waals surface area contributed by atoms with Crippen LogP contribution < -0.4 is 4.74 Å². The zero-order valence-electron chi connectivity index (χ0n) is 20.7. The minimum atomic E-state index is -0.773. The average Bonchev–Trinajstić information content (AvgIpc) is 2.93. The number of likely N-dealkylation sites (tertiary alicyclic amines) is 1. The Labute approximate surface area is 208 Å². The normalized spacial score (nSPS) is 16.6. The van der Waals surface area contributed by atoms with E-state index >= 15 is 0 Å². The van der Waals surface area contributed by atoms with Crippen LogP contribution in [0.4, 0.5) is 0 Å². The molecule has 1 aliphatic heterocycles. The van der Waals surface area contributed by atoms with Gasteiger partial charge in [-0.25, -0.2) is 0 Å². The maximum absolute atomic E-state index is 12.3. The van der Waals surface area contributed by atoms with Crippen molar-refractivity contribution in [2.24, 2.45) is 5.92 Å². The van der Waals surface area contributed by atoms with E-state index < -0.39 is 5.60 Å². The highest BCUT2D eigenvalue weighted by atomic mass is 16.5. The van der Waals surface area contributed by atoms with E-state index in [0.717, 1.165) is 48.4 Å². The molecule has 0 aliphatic carbocycles. The van der Waals surface area contributed by atoms with E-state index in [1.54, 1.807) is 7.11 Å². The molecular formula is C30H35NO4. The van der Waals surface area contributed by atoms with Crippen LogP contribution in [0.1, 0.15) is 36.5 Å². The number of hydrogen-bond acceptors (Lipinski definition) is 5. The SMILES string of the molecule is CCOC(=O)C1CCCN(CCOC(c2ccccc2)(c2ccccc2)c2ccc(OC)cc2)C1. The third kappa shape index (κ3) is 5.75. The fraction of sp³-hybridized carbons (Fsp3) is 0.367. The van der Waals surface area contributed by atoms with Crippen molar-refractivity contribution >= 4 is 5.97 Å². The Bertz CT molecular complexity index is 1010. The summed E-state index contributed by atoms with van der Waals surface area (Å²) < 4.78 is 17.6. The fourth-order valence-electron chi connectivity index (χ4n) is 4.96. The number of nitrogens with zero attached hydrogens (tertiary/aromatic N) is 1. The summed E-state index contributed by atoms with van der Waals surface area (Å²) in [6.07, 6.45) is 1.88. The molecule has 0 saturated carbocycles. The molecule has 35 heavy (non-hydrogen) atoms. The molecule has 0 amide bonds. The smallest absolute Gasteiger partial charge is 0.310 e. The van der Waals surface area contributed by atoms with Crippen LogP contribution in [0.5, 0.6) is 5.75 Å². The molecule has 1 saturated heterocycles. The van der Waals surface area contributed by atoms with Gasteiger partial charge in [-0.3, -0.25) is 4.79 Å². The van der Waals surface area contributed by atoms with Crippen LogP contribution in [-0.2, 0) is 19.9 Å². The fourth-order valence-corrected chi connectivity index (χ4v) is 4.96. The molecule has 184 valence electrons. The molecule has 0 bridgehead atoms. The first-order valence-electron chi connectivity index (χ1n) is 12.5. The Morgan fingerprint density at radius 2 is 1.51 bits per heavy atom. The minimum absolute atomic E-state index is 0.0571. The van der Waals surface area contributed by atoms with E-state index in [1.165, 1.54) is 0 Å². The standard InChI is InChI=1S/C30H35NO4/c1-3-34-29(32)24-11-10-20-31(23-24)21-22-35-30(25-12-6-4-7-13-25,26-14-8-5-9-15-26)27-16-18-28(33-2)19-17-27/h4-9,12-19,24H,3,10-11,20-23H2,1-2H3. The first kappa shape index (κ1) is 25.0. The van der Waals surface area contributed by atoms with Gasteiger partial charge in [0.2, 0.25) is 0 Å². The maximum Gasteiger partial charge on any atom is 0.310 e. The zero-order valence-corrected chi connectivity index (χ0v) is 20.7. The van der Waals surface area contributed by atoms with Gasteiger partial charge in [-0.15, -0.1) is 0 Å². The van der Waals surface area contributed by atoms with Gasteiger partial charge in [0.1, 0.15) is 11.4 Å². The number of piperidine rings is 1. The van der Waals surface area contributed by atoms with Gasteiger partial charge in [0, 0.05) is 13.1 Å². The molecule has 4 rings (SSSR count). The Kier molecular flexibility index (Phi) is 8.56. The van der Waals surface area contributed by atoms with Crippen molar-refractivity contribution in [2.45, 2.75) is 25.4 Å². The van der Waals surface area contributed by atoms with Gasteiger partial charge in [0.15, 0.2) is 0 Å². The first-order chi connectivity index (χ1) is 17.2. The van der Waals surface area contributed by atoms with Gasteiger partial charge in [0.05, 0.1) is 26.2 Å². The molecule has 0 N–H and O–H groups in total. The molecule has 0 radical (unpaired) electrons. The molecule has 5 heteroatoms. The molecule has 1 fully saturated rings. The number of carbonyl (C=O) groups is 1. The zero-order chi connectivity index (χ0) is 24.5. The van der Waals surface area contributed by atoms with Crippen molar-refractivity contribution in [1.29, 1.82) is 0 Å². The van der Waals surface area contributed by atoms with Crippen LogP contribution in [0, 0.1) is 5.92 Å². The summed E-state index contributed by atoms with van der Waals surface area (Å²) in [6.45, 7) is 5.23. The van der Waals surface area contributed by atoms with Crippen molar-refractivity contribution in [2.75, 3.05) is 40.0 Å². The highest BCUT2D eigenvalue weighted by Crippen LogP contribution is 2.41. The number of benzene rings is 3. The Hall–Kier alpha value is -3.15. The molecule has 1 aliphatic rings. The lowest BCUT2D eigenvalue weighted by Gasteiger charge is -2.37. The van der Waals surface area contributed by atoms with Gasteiger partial charge in [0.25, 0.3) is 0 Å². The monoisotopic (exact) mass is 473 g/mol. The van der Waals surface area contributed by atoms with Crippen molar-refractivity contribution in [3.8, 4) is 5.75 Å². The first-order valence-corrected chi connectivity index (χ1v) is 12.5. The van der Waals surface area contributed by atoms with Gasteiger partial charge in [-0.05, 0) is 55.1 Å². The lowest BCUT2D eigenvalue weighted by atomic mass is 9.80. The number of methoxy groups -OCH3 is 1. The third-order valence-corrected chi connectivity index (χ3v) is 6.71. The van der Waals surface area contributed by atoms with E-state index in [9.17, 15) is 4.79 Å². The largest absolute Gasteiger partial charge is 0.497 e. The number of carbonyl (C=O) groups excluding carboxylic acids is 1. The number of hydrogen-bond donors (Lipinski definition) is 0. The van der Waals surface area contributed by atoms with Gasteiger partial charge >= 0.3 is 5.97 Å². The van der Waals surface area contributed by atoms with Gasteiger partial charge in [-0.2, -0.15) is 0 Å². The van der Waals surface area contributed by atoms with E-state index in [1.807, 2.05) is 31.2 Å². The topological polar surface area (TPSA) is 48.0 Å². The van der Waals surface area contributed by atoms with E-state index in [0.29, 0.717) is 19.8 Å². The lowest BCUT2D eigenvalue weighted by Crippen LogP contribution is -2.42. The second-order valence-corrected chi connectivity index (χ2v) is 8.88. The summed E-state index contributed by atoms with van der Waals surface area (Å²) in [4.78, 5) is 14.6. The molecule has 1 heterocycles. The third-order valence-electron chi connectivity index (χ3n) is 6.71. The Morgan fingerprint density at radius 1 is 0.914 bits per heavy atom. The van der Waals surface area contributed by atoms with Crippen molar-refractivity contribution in [3.63, 3.8) is 0 Å². The van der Waals surface area contributed by atoms with E-state index in [-0.39, 0.29) is 11.9 Å². The van der Waals surface area contributed by atoms with E-state index in [4.69, 9.17) is 14.2 Å². The highest BCUT2D eigenvalue weighted by molar-refractivity contribution is 5.72. The van der Waals surface area contributed by atoms with E-state index in [2.05, 4.69) is 65.6 Å². The van der Waals surface area contributed by atoms with Crippen LogP contribution in [0.3, 0.4) is 0 Å². The molecule has 0 aromatic heterocycles. The predicted octanol–water partition coefficient (Wildman–Crippen LogP) is 5.28. The summed E-state index contributed by atoms with van der Waals surface area (Å²) in [6, 6.07) is 28.8. The summed E-state index contributed by atoms with van der Waals surface area (Å²) >= 11 is 0. The molecule has 1 unspecified atom stereocenters. The molecule has 1 atom stereocenters.